The summed E-state index contributed by atoms with van der Waals surface area (Å²) in [5.74, 6) is 0.157. The molecule has 0 saturated carbocycles. The van der Waals surface area contributed by atoms with E-state index >= 15 is 0 Å². The lowest BCUT2D eigenvalue weighted by Gasteiger charge is -2.16. The fourth-order valence-electron chi connectivity index (χ4n) is 1.65. The van der Waals surface area contributed by atoms with Crippen LogP contribution in [0.4, 0.5) is 5.69 Å². The van der Waals surface area contributed by atoms with Gasteiger partial charge in [0.25, 0.3) is 0 Å². The molecule has 2 rings (SSSR count). The Bertz CT molecular complexity index is 464. The molecule has 0 aliphatic carbocycles. The summed E-state index contributed by atoms with van der Waals surface area (Å²) in [6.45, 7) is 0. The molecule has 1 amide bonds. The van der Waals surface area contributed by atoms with Crippen molar-refractivity contribution in [2.75, 3.05) is 11.9 Å². The monoisotopic (exact) mass is 245 g/mol. The summed E-state index contributed by atoms with van der Waals surface area (Å²) in [5.41, 5.74) is 0.948. The molecule has 0 saturated heterocycles. The number of nitrogens with zero attached hydrogens (tertiary/aromatic N) is 1. The molecular weight excluding hydrogens is 230 g/mol. The summed E-state index contributed by atoms with van der Waals surface area (Å²) in [6.07, 6.45) is 1.39. The van der Waals surface area contributed by atoms with Crippen LogP contribution in [0.3, 0.4) is 0 Å². The molecule has 1 heterocycles. The number of carbonyl (C=O) groups excluding carboxylic acids is 1. The third kappa shape index (κ3) is 3.17. The van der Waals surface area contributed by atoms with E-state index in [1.807, 2.05) is 48.8 Å². The first kappa shape index (κ1) is 11.9. The molecule has 0 bridgehead atoms. The van der Waals surface area contributed by atoms with Crippen LogP contribution in [0.25, 0.3) is 0 Å². The Labute approximate surface area is 106 Å². The standard InChI is InChI=1S/C14H15NOS/c1-15(12-6-3-2-4-7-12)14(16)10-9-13-8-5-11-17-13/h2-8,11H,9-10H2,1H3. The molecule has 0 atom stereocenters. The number of para-hydroxylation sites is 1. The van der Waals surface area contributed by atoms with Crippen LogP contribution in [0.2, 0.25) is 0 Å². The van der Waals surface area contributed by atoms with E-state index in [9.17, 15) is 4.79 Å². The average Bonchev–Trinajstić information content (AvgIpc) is 2.89. The summed E-state index contributed by atoms with van der Waals surface area (Å²) in [5, 5.41) is 2.04. The second-order valence-electron chi connectivity index (χ2n) is 3.87. The van der Waals surface area contributed by atoms with E-state index < -0.39 is 0 Å². The first-order chi connectivity index (χ1) is 8.27. The number of amides is 1. The summed E-state index contributed by atoms with van der Waals surface area (Å²) in [7, 11) is 1.83. The first-order valence-corrected chi connectivity index (χ1v) is 6.49. The normalized spacial score (nSPS) is 10.2. The van der Waals surface area contributed by atoms with Crippen LogP contribution >= 0.6 is 11.3 Å². The predicted molar refractivity (Wildman–Crippen MR) is 72.5 cm³/mol. The fourth-order valence-corrected chi connectivity index (χ4v) is 2.36. The van der Waals surface area contributed by atoms with Crippen LogP contribution in [0.15, 0.2) is 47.8 Å². The van der Waals surface area contributed by atoms with Crippen LogP contribution in [-0.2, 0) is 11.2 Å². The number of anilines is 1. The summed E-state index contributed by atoms with van der Waals surface area (Å²) in [6, 6.07) is 13.8. The molecule has 0 aliphatic rings. The van der Waals surface area contributed by atoms with Gasteiger partial charge >= 0.3 is 0 Å². The van der Waals surface area contributed by atoms with E-state index in [1.54, 1.807) is 16.2 Å². The second kappa shape index (κ2) is 5.64. The second-order valence-corrected chi connectivity index (χ2v) is 4.90. The molecule has 17 heavy (non-hydrogen) atoms. The zero-order chi connectivity index (χ0) is 12.1. The maximum atomic E-state index is 12.0. The van der Waals surface area contributed by atoms with E-state index in [0.29, 0.717) is 6.42 Å². The van der Waals surface area contributed by atoms with Crippen molar-refractivity contribution in [3.05, 3.63) is 52.7 Å². The van der Waals surface area contributed by atoms with Gasteiger partial charge in [-0.15, -0.1) is 11.3 Å². The number of hydrogen-bond acceptors (Lipinski definition) is 2. The first-order valence-electron chi connectivity index (χ1n) is 5.61. The maximum absolute atomic E-state index is 12.0. The molecular formula is C14H15NOS. The molecule has 1 aromatic heterocycles. The van der Waals surface area contributed by atoms with Gasteiger partial charge in [-0.1, -0.05) is 24.3 Å². The quantitative estimate of drug-likeness (QED) is 0.809. The van der Waals surface area contributed by atoms with E-state index in [4.69, 9.17) is 0 Å². The Morgan fingerprint density at radius 2 is 1.94 bits per heavy atom. The Hall–Kier alpha value is -1.61. The lowest BCUT2D eigenvalue weighted by Crippen LogP contribution is -2.26. The average molecular weight is 245 g/mol. The highest BCUT2D eigenvalue weighted by Crippen LogP contribution is 2.15. The highest BCUT2D eigenvalue weighted by atomic mass is 32.1. The van der Waals surface area contributed by atoms with Crippen LogP contribution < -0.4 is 4.90 Å². The highest BCUT2D eigenvalue weighted by Gasteiger charge is 2.10. The summed E-state index contributed by atoms with van der Waals surface area (Å²) >= 11 is 1.70. The van der Waals surface area contributed by atoms with Gasteiger partial charge in [0.1, 0.15) is 0 Å². The minimum atomic E-state index is 0.157. The van der Waals surface area contributed by atoms with Crippen molar-refractivity contribution in [2.45, 2.75) is 12.8 Å². The zero-order valence-electron chi connectivity index (χ0n) is 9.80. The van der Waals surface area contributed by atoms with Gasteiger partial charge in [0.05, 0.1) is 0 Å². The molecule has 3 heteroatoms. The Kier molecular flexibility index (Phi) is 3.94. The largest absolute Gasteiger partial charge is 0.315 e. The fraction of sp³-hybridized carbons (Fsp3) is 0.214. The minimum absolute atomic E-state index is 0.157. The number of aryl methyl sites for hydroxylation is 1. The SMILES string of the molecule is CN(C(=O)CCc1cccs1)c1ccccc1. The van der Waals surface area contributed by atoms with Gasteiger partial charge in [-0.3, -0.25) is 4.79 Å². The van der Waals surface area contributed by atoms with Crippen molar-refractivity contribution in [3.8, 4) is 0 Å². The molecule has 0 fully saturated rings. The van der Waals surface area contributed by atoms with Gasteiger partial charge in [0, 0.05) is 24.0 Å². The Morgan fingerprint density at radius 1 is 1.18 bits per heavy atom. The van der Waals surface area contributed by atoms with Crippen molar-refractivity contribution in [2.24, 2.45) is 0 Å². The Morgan fingerprint density at radius 3 is 2.59 bits per heavy atom. The minimum Gasteiger partial charge on any atom is -0.315 e. The van der Waals surface area contributed by atoms with E-state index in [1.165, 1.54) is 4.88 Å². The topological polar surface area (TPSA) is 20.3 Å². The van der Waals surface area contributed by atoms with Crippen molar-refractivity contribution >= 4 is 22.9 Å². The molecule has 0 radical (unpaired) electrons. The molecule has 0 N–H and O–H groups in total. The smallest absolute Gasteiger partial charge is 0.227 e. The lowest BCUT2D eigenvalue weighted by atomic mass is 10.2. The molecule has 0 spiro atoms. The number of thiophene rings is 1. The lowest BCUT2D eigenvalue weighted by molar-refractivity contribution is -0.118. The molecule has 88 valence electrons. The molecule has 1 aromatic carbocycles. The van der Waals surface area contributed by atoms with Gasteiger partial charge in [0.2, 0.25) is 5.91 Å². The van der Waals surface area contributed by atoms with Gasteiger partial charge < -0.3 is 4.90 Å². The Balaban J connectivity index is 1.92. The van der Waals surface area contributed by atoms with Crippen molar-refractivity contribution in [3.63, 3.8) is 0 Å². The van der Waals surface area contributed by atoms with Gasteiger partial charge in [0.15, 0.2) is 0 Å². The summed E-state index contributed by atoms with van der Waals surface area (Å²) in [4.78, 5) is 14.9. The molecule has 0 aliphatic heterocycles. The van der Waals surface area contributed by atoms with Crippen molar-refractivity contribution in [1.82, 2.24) is 0 Å². The van der Waals surface area contributed by atoms with Crippen molar-refractivity contribution in [1.29, 1.82) is 0 Å². The third-order valence-electron chi connectivity index (χ3n) is 2.68. The number of rotatable bonds is 4. The van der Waals surface area contributed by atoms with Crippen LogP contribution in [-0.4, -0.2) is 13.0 Å². The van der Waals surface area contributed by atoms with Crippen molar-refractivity contribution < 1.29 is 4.79 Å². The van der Waals surface area contributed by atoms with Gasteiger partial charge in [-0.05, 0) is 30.0 Å². The zero-order valence-corrected chi connectivity index (χ0v) is 10.6. The van der Waals surface area contributed by atoms with Gasteiger partial charge in [-0.25, -0.2) is 0 Å². The van der Waals surface area contributed by atoms with E-state index in [-0.39, 0.29) is 5.91 Å². The van der Waals surface area contributed by atoms with E-state index in [0.717, 1.165) is 12.1 Å². The molecule has 0 unspecified atom stereocenters. The highest BCUT2D eigenvalue weighted by molar-refractivity contribution is 7.09. The third-order valence-corrected chi connectivity index (χ3v) is 3.62. The van der Waals surface area contributed by atoms with E-state index in [2.05, 4.69) is 6.07 Å². The molecule has 2 nitrogen and oxygen atoms in total. The molecule has 2 aromatic rings. The summed E-state index contributed by atoms with van der Waals surface area (Å²) < 4.78 is 0. The number of benzene rings is 1. The number of hydrogen-bond donors (Lipinski definition) is 0. The number of carbonyl (C=O) groups is 1. The van der Waals surface area contributed by atoms with Gasteiger partial charge in [-0.2, -0.15) is 0 Å². The predicted octanol–water partition coefficient (Wildman–Crippen LogP) is 3.34. The van der Waals surface area contributed by atoms with Crippen LogP contribution in [0.5, 0.6) is 0 Å². The van der Waals surface area contributed by atoms with Crippen LogP contribution in [0, 0.1) is 0 Å². The maximum Gasteiger partial charge on any atom is 0.227 e. The van der Waals surface area contributed by atoms with Crippen LogP contribution in [0.1, 0.15) is 11.3 Å².